The predicted octanol–water partition coefficient (Wildman–Crippen LogP) is -0.298. The number of nitrogens with one attached hydrogen (secondary N) is 1. The fourth-order valence-electron chi connectivity index (χ4n) is 2.07. The van der Waals surface area contributed by atoms with E-state index in [1.165, 1.54) is 10.5 Å². The van der Waals surface area contributed by atoms with Gasteiger partial charge in [0.2, 0.25) is 0 Å². The van der Waals surface area contributed by atoms with Gasteiger partial charge in [-0.05, 0) is 12.8 Å². The van der Waals surface area contributed by atoms with Gasteiger partial charge in [-0.15, -0.1) is 0 Å². The van der Waals surface area contributed by atoms with E-state index in [0.717, 1.165) is 0 Å². The number of H-pyrrole nitrogens is 1. The number of aliphatic hydroxyl groups is 1. The Hall–Kier alpha value is -0.960. The molecule has 1 aliphatic heterocycles. The van der Waals surface area contributed by atoms with Crippen LogP contribution < -0.4 is 0 Å². The molecule has 2 N–H and O–H groups in total. The molecular formula is C10H17N3O4S. The second kappa shape index (κ2) is 5.35. The van der Waals surface area contributed by atoms with Crippen LogP contribution in [0.5, 0.6) is 0 Å². The molecule has 0 atom stereocenters. The summed E-state index contributed by atoms with van der Waals surface area (Å²) in [5, 5.41) is 15.2. The fraction of sp³-hybridized carbons (Fsp3) is 0.700. The Morgan fingerprint density at radius 2 is 2.22 bits per heavy atom. The van der Waals surface area contributed by atoms with E-state index in [9.17, 15) is 8.42 Å². The highest BCUT2D eigenvalue weighted by atomic mass is 32.2. The van der Waals surface area contributed by atoms with Gasteiger partial charge in [-0.2, -0.15) is 9.40 Å². The molecule has 8 heteroatoms. The van der Waals surface area contributed by atoms with Gasteiger partial charge in [0, 0.05) is 25.8 Å². The zero-order valence-electron chi connectivity index (χ0n) is 10.2. The number of rotatable bonds is 4. The zero-order chi connectivity index (χ0) is 13.2. The van der Waals surface area contributed by atoms with E-state index < -0.39 is 10.0 Å². The van der Waals surface area contributed by atoms with Crippen molar-refractivity contribution in [3.8, 4) is 0 Å². The van der Waals surface area contributed by atoms with Crippen molar-refractivity contribution in [3.63, 3.8) is 0 Å². The van der Waals surface area contributed by atoms with E-state index in [2.05, 4.69) is 10.2 Å². The summed E-state index contributed by atoms with van der Waals surface area (Å²) in [4.78, 5) is 0. The van der Waals surface area contributed by atoms with Crippen LogP contribution >= 0.6 is 0 Å². The zero-order valence-corrected chi connectivity index (χ0v) is 11.0. The van der Waals surface area contributed by atoms with Gasteiger partial charge in [0.15, 0.2) is 5.03 Å². The van der Waals surface area contributed by atoms with Crippen molar-refractivity contribution >= 4 is 10.0 Å². The number of nitrogens with zero attached hydrogens (tertiary/aromatic N) is 2. The lowest BCUT2D eigenvalue weighted by atomic mass is 10.1. The van der Waals surface area contributed by atoms with Crippen molar-refractivity contribution < 1.29 is 18.3 Å². The van der Waals surface area contributed by atoms with Crippen LogP contribution in [-0.4, -0.2) is 54.3 Å². The first-order chi connectivity index (χ1) is 8.59. The van der Waals surface area contributed by atoms with Crippen LogP contribution in [0, 0.1) is 0 Å². The van der Waals surface area contributed by atoms with Crippen LogP contribution in [0.25, 0.3) is 0 Å². The van der Waals surface area contributed by atoms with Crippen LogP contribution in [-0.2, 0) is 21.4 Å². The molecule has 102 valence electrons. The average Bonchev–Trinajstić information content (AvgIpc) is 2.88. The minimum atomic E-state index is -3.59. The molecular weight excluding hydrogens is 258 g/mol. The number of aromatic nitrogens is 2. The molecule has 2 heterocycles. The highest BCUT2D eigenvalue weighted by Gasteiger charge is 2.31. The van der Waals surface area contributed by atoms with Crippen LogP contribution in [0.1, 0.15) is 18.4 Å². The largest absolute Gasteiger partial charge is 0.392 e. The van der Waals surface area contributed by atoms with Crippen molar-refractivity contribution in [2.75, 3.05) is 20.2 Å². The van der Waals surface area contributed by atoms with Gasteiger partial charge in [0.25, 0.3) is 10.0 Å². The maximum Gasteiger partial charge on any atom is 0.260 e. The summed E-state index contributed by atoms with van der Waals surface area (Å²) in [7, 11) is -1.96. The Morgan fingerprint density at radius 3 is 2.78 bits per heavy atom. The molecule has 0 bridgehead atoms. The summed E-state index contributed by atoms with van der Waals surface area (Å²) in [6.45, 7) is 0.495. The summed E-state index contributed by atoms with van der Waals surface area (Å²) >= 11 is 0. The molecule has 0 saturated carbocycles. The third kappa shape index (κ3) is 2.41. The second-order valence-electron chi connectivity index (χ2n) is 4.22. The Morgan fingerprint density at radius 1 is 1.56 bits per heavy atom. The summed E-state index contributed by atoms with van der Waals surface area (Å²) in [6.07, 6.45) is 2.81. The van der Waals surface area contributed by atoms with Crippen molar-refractivity contribution in [1.82, 2.24) is 14.5 Å². The highest BCUT2D eigenvalue weighted by molar-refractivity contribution is 7.89. The predicted molar refractivity (Wildman–Crippen MR) is 63.3 cm³/mol. The smallest absolute Gasteiger partial charge is 0.260 e. The van der Waals surface area contributed by atoms with Gasteiger partial charge >= 0.3 is 0 Å². The molecule has 1 aromatic rings. The lowest BCUT2D eigenvalue weighted by molar-refractivity contribution is 0.0603. The minimum Gasteiger partial charge on any atom is -0.392 e. The Balaban J connectivity index is 2.17. The van der Waals surface area contributed by atoms with Crippen LogP contribution in [0.2, 0.25) is 0 Å². The first-order valence-electron chi connectivity index (χ1n) is 5.75. The number of aromatic amines is 1. The average molecular weight is 275 g/mol. The fourth-order valence-corrected chi connectivity index (χ4v) is 3.64. The van der Waals surface area contributed by atoms with Gasteiger partial charge in [0.1, 0.15) is 0 Å². The topological polar surface area (TPSA) is 95.5 Å². The number of sulfonamides is 1. The van der Waals surface area contributed by atoms with Crippen molar-refractivity contribution in [2.24, 2.45) is 0 Å². The van der Waals surface area contributed by atoms with Gasteiger partial charge in [-0.1, -0.05) is 0 Å². The molecule has 2 rings (SSSR count). The molecule has 18 heavy (non-hydrogen) atoms. The molecule has 1 aromatic heterocycles. The van der Waals surface area contributed by atoms with E-state index >= 15 is 0 Å². The molecule has 1 aliphatic rings. The van der Waals surface area contributed by atoms with Crippen LogP contribution in [0.3, 0.4) is 0 Å². The third-order valence-electron chi connectivity index (χ3n) is 3.18. The van der Waals surface area contributed by atoms with E-state index in [0.29, 0.717) is 31.5 Å². The van der Waals surface area contributed by atoms with Crippen LogP contribution in [0.15, 0.2) is 11.2 Å². The first kappa shape index (κ1) is 13.5. The minimum absolute atomic E-state index is 0.0131. The summed E-state index contributed by atoms with van der Waals surface area (Å²) < 4.78 is 31.3. The first-order valence-corrected chi connectivity index (χ1v) is 7.19. The quantitative estimate of drug-likeness (QED) is 0.786. The van der Waals surface area contributed by atoms with Crippen molar-refractivity contribution in [3.05, 3.63) is 11.8 Å². The molecule has 0 amide bonds. The number of aliphatic hydroxyl groups excluding tert-OH is 1. The normalized spacial score (nSPS) is 19.2. The van der Waals surface area contributed by atoms with E-state index in [1.807, 2.05) is 0 Å². The molecule has 1 fully saturated rings. The molecule has 0 radical (unpaired) electrons. The number of ether oxygens (including phenoxy) is 1. The lowest BCUT2D eigenvalue weighted by Gasteiger charge is -2.30. The number of piperidine rings is 1. The van der Waals surface area contributed by atoms with Crippen molar-refractivity contribution in [1.29, 1.82) is 0 Å². The van der Waals surface area contributed by atoms with Crippen molar-refractivity contribution in [2.45, 2.75) is 30.6 Å². The SMILES string of the molecule is COC1CCN(S(=O)(=O)c2[nH]ncc2CO)CC1. The summed E-state index contributed by atoms with van der Waals surface area (Å²) in [5.74, 6) is 0. The lowest BCUT2D eigenvalue weighted by Crippen LogP contribution is -2.41. The van der Waals surface area contributed by atoms with E-state index in [4.69, 9.17) is 9.84 Å². The highest BCUT2D eigenvalue weighted by Crippen LogP contribution is 2.22. The van der Waals surface area contributed by atoms with Gasteiger partial charge in [-0.25, -0.2) is 8.42 Å². The van der Waals surface area contributed by atoms with Crippen LogP contribution in [0.4, 0.5) is 0 Å². The number of hydrogen-bond donors (Lipinski definition) is 2. The summed E-state index contributed by atoms with van der Waals surface area (Å²) in [5.41, 5.74) is 0.295. The number of hydrogen-bond acceptors (Lipinski definition) is 5. The van der Waals surface area contributed by atoms with Gasteiger partial charge in [-0.3, -0.25) is 5.10 Å². The van der Waals surface area contributed by atoms with E-state index in [1.54, 1.807) is 7.11 Å². The Kier molecular flexibility index (Phi) is 4.00. The van der Waals surface area contributed by atoms with Gasteiger partial charge < -0.3 is 9.84 Å². The second-order valence-corrected chi connectivity index (χ2v) is 6.10. The molecule has 0 aromatic carbocycles. The monoisotopic (exact) mass is 275 g/mol. The standard InChI is InChI=1S/C10H17N3O4S/c1-17-9-2-4-13(5-3-9)18(15,16)10-8(7-14)6-11-12-10/h6,9,14H,2-5,7H2,1H3,(H,11,12). The van der Waals surface area contributed by atoms with E-state index in [-0.39, 0.29) is 17.7 Å². The molecule has 0 spiro atoms. The molecule has 0 unspecified atom stereocenters. The maximum absolute atomic E-state index is 12.3. The molecule has 7 nitrogen and oxygen atoms in total. The Bertz CT molecular complexity index is 491. The Labute approximate surface area is 106 Å². The van der Waals surface area contributed by atoms with Gasteiger partial charge in [0.05, 0.1) is 18.9 Å². The number of methoxy groups -OCH3 is 1. The third-order valence-corrected chi connectivity index (χ3v) is 5.10. The maximum atomic E-state index is 12.3. The molecule has 0 aliphatic carbocycles. The summed E-state index contributed by atoms with van der Waals surface area (Å²) in [6, 6.07) is 0. The molecule has 1 saturated heterocycles.